The zero-order valence-corrected chi connectivity index (χ0v) is 13.6. The second-order valence-electron chi connectivity index (χ2n) is 4.85. The van der Waals surface area contributed by atoms with Gasteiger partial charge in [0.05, 0.1) is 22.7 Å². The first-order chi connectivity index (χ1) is 10.5. The van der Waals surface area contributed by atoms with Crippen molar-refractivity contribution in [2.75, 3.05) is 11.0 Å². The maximum Gasteiger partial charge on any atom is 0.330 e. The third-order valence-corrected chi connectivity index (χ3v) is 4.03. The molecule has 1 aromatic rings. The lowest BCUT2D eigenvalue weighted by molar-refractivity contribution is -0.118. The molecule has 2 heterocycles. The van der Waals surface area contributed by atoms with E-state index >= 15 is 0 Å². The number of rotatable bonds is 5. The summed E-state index contributed by atoms with van der Waals surface area (Å²) in [7, 11) is 0. The number of aliphatic hydroxyl groups excluding tert-OH is 2. The maximum absolute atomic E-state index is 11.9. The molecule has 1 aliphatic rings. The predicted molar refractivity (Wildman–Crippen MR) is 83.7 cm³/mol. The SMILES string of the molecule is O=C(CI)NCc1cn([C@H]2C[C@H](O)[C@H](CO)O2)c(=O)[nH]c1=O. The van der Waals surface area contributed by atoms with E-state index in [0.717, 1.165) is 4.57 Å². The number of amides is 1. The highest BCUT2D eigenvalue weighted by Gasteiger charge is 2.35. The van der Waals surface area contributed by atoms with Crippen LogP contribution in [-0.4, -0.2) is 48.9 Å². The van der Waals surface area contributed by atoms with Crippen LogP contribution < -0.4 is 16.6 Å². The average molecular weight is 425 g/mol. The fourth-order valence-corrected chi connectivity index (χ4v) is 2.43. The number of aromatic amines is 1. The van der Waals surface area contributed by atoms with Gasteiger partial charge in [-0.1, -0.05) is 22.6 Å². The third kappa shape index (κ3) is 3.74. The number of carbonyl (C=O) groups is 1. The van der Waals surface area contributed by atoms with Gasteiger partial charge in [-0.2, -0.15) is 0 Å². The van der Waals surface area contributed by atoms with Crippen LogP contribution in [0.2, 0.25) is 0 Å². The summed E-state index contributed by atoms with van der Waals surface area (Å²) in [5.74, 6) is -0.231. The van der Waals surface area contributed by atoms with Crippen LogP contribution in [0, 0.1) is 0 Å². The molecule has 1 aliphatic heterocycles. The summed E-state index contributed by atoms with van der Waals surface area (Å²) in [4.78, 5) is 37.0. The molecule has 9 nitrogen and oxygen atoms in total. The minimum Gasteiger partial charge on any atom is -0.394 e. The van der Waals surface area contributed by atoms with Crippen LogP contribution in [0.4, 0.5) is 0 Å². The number of nitrogens with one attached hydrogen (secondary N) is 2. The number of aromatic nitrogens is 2. The molecular formula is C12H16IN3O6. The van der Waals surface area contributed by atoms with Gasteiger partial charge in [0, 0.05) is 19.2 Å². The Hall–Kier alpha value is -1.24. The van der Waals surface area contributed by atoms with Crippen LogP contribution in [0.25, 0.3) is 0 Å². The quantitative estimate of drug-likeness (QED) is 0.326. The van der Waals surface area contributed by atoms with Crippen molar-refractivity contribution in [2.45, 2.75) is 31.4 Å². The number of aliphatic hydroxyl groups is 2. The van der Waals surface area contributed by atoms with Crippen LogP contribution in [0.5, 0.6) is 0 Å². The number of hydrogen-bond acceptors (Lipinski definition) is 6. The van der Waals surface area contributed by atoms with Crippen molar-refractivity contribution in [3.63, 3.8) is 0 Å². The van der Waals surface area contributed by atoms with Crippen LogP contribution in [0.1, 0.15) is 18.2 Å². The molecule has 0 spiro atoms. The summed E-state index contributed by atoms with van der Waals surface area (Å²) < 4.78 is 6.78. The number of alkyl halides is 1. The van der Waals surface area contributed by atoms with Gasteiger partial charge in [0.25, 0.3) is 5.56 Å². The smallest absolute Gasteiger partial charge is 0.330 e. The van der Waals surface area contributed by atoms with Crippen molar-refractivity contribution in [3.8, 4) is 0 Å². The number of halogens is 1. The second kappa shape index (κ2) is 7.35. The van der Waals surface area contributed by atoms with E-state index < -0.39 is 29.7 Å². The van der Waals surface area contributed by atoms with Crippen LogP contribution >= 0.6 is 22.6 Å². The van der Waals surface area contributed by atoms with Crippen molar-refractivity contribution in [3.05, 3.63) is 32.6 Å². The Morgan fingerprint density at radius 1 is 1.55 bits per heavy atom. The van der Waals surface area contributed by atoms with E-state index in [4.69, 9.17) is 9.84 Å². The molecule has 0 aliphatic carbocycles. The number of ether oxygens (including phenoxy) is 1. The van der Waals surface area contributed by atoms with Crippen molar-refractivity contribution in [1.29, 1.82) is 0 Å². The number of carbonyl (C=O) groups excluding carboxylic acids is 1. The highest BCUT2D eigenvalue weighted by atomic mass is 127. The Balaban J connectivity index is 2.23. The highest BCUT2D eigenvalue weighted by Crippen LogP contribution is 2.27. The van der Waals surface area contributed by atoms with Gasteiger partial charge in [-0.25, -0.2) is 4.79 Å². The monoisotopic (exact) mass is 425 g/mol. The van der Waals surface area contributed by atoms with Crippen molar-refractivity contribution in [2.24, 2.45) is 0 Å². The Morgan fingerprint density at radius 2 is 2.27 bits per heavy atom. The molecule has 1 fully saturated rings. The molecule has 2 rings (SSSR count). The van der Waals surface area contributed by atoms with E-state index in [-0.39, 0.29) is 35.5 Å². The largest absolute Gasteiger partial charge is 0.394 e. The summed E-state index contributed by atoms with van der Waals surface area (Å²) >= 11 is 1.89. The van der Waals surface area contributed by atoms with Crippen LogP contribution in [0.3, 0.4) is 0 Å². The second-order valence-corrected chi connectivity index (χ2v) is 5.61. The van der Waals surface area contributed by atoms with Gasteiger partial charge in [-0.15, -0.1) is 0 Å². The summed E-state index contributed by atoms with van der Waals surface area (Å²) in [5.41, 5.74) is -1.07. The predicted octanol–water partition coefficient (Wildman–Crippen LogP) is -1.77. The summed E-state index contributed by atoms with van der Waals surface area (Å²) in [5, 5.41) is 21.3. The number of nitrogens with zero attached hydrogens (tertiary/aromatic N) is 1. The van der Waals surface area contributed by atoms with Crippen LogP contribution in [0.15, 0.2) is 15.8 Å². The average Bonchev–Trinajstić information content (AvgIpc) is 2.86. The minimum atomic E-state index is -0.893. The molecule has 22 heavy (non-hydrogen) atoms. The number of hydrogen-bond donors (Lipinski definition) is 4. The topological polar surface area (TPSA) is 134 Å². The van der Waals surface area contributed by atoms with Crippen LogP contribution in [-0.2, 0) is 16.1 Å². The van der Waals surface area contributed by atoms with E-state index in [0.29, 0.717) is 0 Å². The van der Waals surface area contributed by atoms with Crippen molar-refractivity contribution in [1.82, 2.24) is 14.9 Å². The van der Waals surface area contributed by atoms with Gasteiger partial charge in [0.2, 0.25) is 5.91 Å². The lowest BCUT2D eigenvalue weighted by Crippen LogP contribution is -2.36. The zero-order valence-electron chi connectivity index (χ0n) is 11.5. The molecule has 0 unspecified atom stereocenters. The summed E-state index contributed by atoms with van der Waals surface area (Å²) in [6.07, 6.45) is -1.03. The fourth-order valence-electron chi connectivity index (χ4n) is 2.16. The van der Waals surface area contributed by atoms with Crippen molar-refractivity contribution < 1.29 is 19.7 Å². The molecule has 0 radical (unpaired) electrons. The first-order valence-corrected chi connectivity index (χ1v) is 8.10. The molecule has 0 saturated carbocycles. The molecule has 0 bridgehead atoms. The molecule has 4 N–H and O–H groups in total. The zero-order chi connectivity index (χ0) is 16.3. The molecule has 122 valence electrons. The van der Waals surface area contributed by atoms with Gasteiger partial charge in [0.15, 0.2) is 0 Å². The minimum absolute atomic E-state index is 0.0177. The molecule has 3 atom stereocenters. The molecule has 1 saturated heterocycles. The van der Waals surface area contributed by atoms with Gasteiger partial charge in [-0.3, -0.25) is 19.1 Å². The molecule has 1 amide bonds. The lowest BCUT2D eigenvalue weighted by atomic mass is 10.2. The Morgan fingerprint density at radius 3 is 2.86 bits per heavy atom. The first kappa shape index (κ1) is 17.1. The fraction of sp³-hybridized carbons (Fsp3) is 0.583. The van der Waals surface area contributed by atoms with Gasteiger partial charge in [-0.05, 0) is 0 Å². The van der Waals surface area contributed by atoms with E-state index in [2.05, 4.69) is 10.3 Å². The number of H-pyrrole nitrogens is 1. The normalized spacial score (nSPS) is 24.4. The van der Waals surface area contributed by atoms with Gasteiger partial charge < -0.3 is 20.3 Å². The molecule has 0 aromatic carbocycles. The van der Waals surface area contributed by atoms with Gasteiger partial charge >= 0.3 is 5.69 Å². The standard InChI is InChI=1S/C12H16IN3O6/c13-2-9(19)14-3-6-4-16(12(21)15-11(6)20)10-1-7(18)8(5-17)22-10/h4,7-8,10,17-18H,1-3,5H2,(H,14,19)(H,15,20,21)/t7-,8-,10+/m0/s1. The Kier molecular flexibility index (Phi) is 5.72. The summed E-state index contributed by atoms with van der Waals surface area (Å²) in [6.45, 7) is -0.384. The molecular weight excluding hydrogens is 409 g/mol. The highest BCUT2D eigenvalue weighted by molar-refractivity contribution is 14.1. The Bertz CT molecular complexity index is 657. The van der Waals surface area contributed by atoms with E-state index in [9.17, 15) is 19.5 Å². The summed E-state index contributed by atoms with van der Waals surface area (Å²) in [6, 6.07) is 0. The third-order valence-electron chi connectivity index (χ3n) is 3.33. The molecule has 10 heteroatoms. The molecule has 1 aromatic heterocycles. The first-order valence-electron chi connectivity index (χ1n) is 6.57. The van der Waals surface area contributed by atoms with E-state index in [1.54, 1.807) is 0 Å². The maximum atomic E-state index is 11.9. The van der Waals surface area contributed by atoms with Crippen molar-refractivity contribution >= 4 is 28.5 Å². The van der Waals surface area contributed by atoms with E-state index in [1.165, 1.54) is 6.20 Å². The Labute approximate surface area is 138 Å². The van der Waals surface area contributed by atoms with Gasteiger partial charge in [0.1, 0.15) is 12.3 Å². The lowest BCUT2D eigenvalue weighted by Gasteiger charge is -2.15. The van der Waals surface area contributed by atoms with E-state index in [1.807, 2.05) is 22.6 Å².